The van der Waals surface area contributed by atoms with Gasteiger partial charge in [-0.1, -0.05) is 26.2 Å². The summed E-state index contributed by atoms with van der Waals surface area (Å²) in [5, 5.41) is 3.01. The Morgan fingerprint density at radius 3 is 2.47 bits per heavy atom. The second kappa shape index (κ2) is 6.83. The van der Waals surface area contributed by atoms with Gasteiger partial charge in [-0.05, 0) is 27.2 Å². The smallest absolute Gasteiger partial charge is 0.227 e. The second-order valence-corrected chi connectivity index (χ2v) is 4.96. The summed E-state index contributed by atoms with van der Waals surface area (Å²) < 4.78 is 0. The highest BCUT2D eigenvalue weighted by Crippen LogP contribution is 2.13. The largest absolute Gasteiger partial charge is 0.353 e. The van der Waals surface area contributed by atoms with Crippen molar-refractivity contribution in [3.8, 4) is 0 Å². The van der Waals surface area contributed by atoms with Crippen molar-refractivity contribution in [3.63, 3.8) is 0 Å². The van der Waals surface area contributed by atoms with Gasteiger partial charge in [-0.25, -0.2) is 0 Å². The van der Waals surface area contributed by atoms with Crippen LogP contribution in [0.1, 0.15) is 53.4 Å². The highest BCUT2D eigenvalue weighted by molar-refractivity contribution is 5.82. The van der Waals surface area contributed by atoms with E-state index in [1.54, 1.807) is 0 Å². The van der Waals surface area contributed by atoms with Crippen LogP contribution in [-0.4, -0.2) is 18.5 Å². The normalized spacial score (nSPS) is 13.7. The Kier molecular flexibility index (Phi) is 6.57. The van der Waals surface area contributed by atoms with Crippen molar-refractivity contribution in [2.75, 3.05) is 6.54 Å². The summed E-state index contributed by atoms with van der Waals surface area (Å²) in [6.45, 7) is 8.38. The monoisotopic (exact) mass is 214 g/mol. The minimum atomic E-state index is -0.445. The third-order valence-electron chi connectivity index (χ3n) is 2.74. The van der Waals surface area contributed by atoms with Crippen molar-refractivity contribution in [2.24, 2.45) is 11.1 Å². The van der Waals surface area contributed by atoms with E-state index < -0.39 is 5.41 Å². The van der Waals surface area contributed by atoms with E-state index in [4.69, 9.17) is 5.73 Å². The third kappa shape index (κ3) is 5.78. The van der Waals surface area contributed by atoms with Crippen LogP contribution in [-0.2, 0) is 4.79 Å². The number of rotatable bonds is 7. The molecular weight excluding hydrogens is 188 g/mol. The molecule has 0 aliphatic carbocycles. The molecule has 0 radical (unpaired) electrons. The van der Waals surface area contributed by atoms with E-state index in [0.29, 0.717) is 6.54 Å². The summed E-state index contributed by atoms with van der Waals surface area (Å²) in [7, 11) is 0. The van der Waals surface area contributed by atoms with Gasteiger partial charge in [-0.15, -0.1) is 0 Å². The maximum Gasteiger partial charge on any atom is 0.227 e. The number of nitrogens with two attached hydrogens (primary N) is 1. The minimum absolute atomic E-state index is 0.0639. The van der Waals surface area contributed by atoms with Crippen molar-refractivity contribution < 1.29 is 4.79 Å². The van der Waals surface area contributed by atoms with Crippen LogP contribution in [0.15, 0.2) is 0 Å². The molecule has 0 heterocycles. The SMILES string of the molecule is CCCCCC(C)NC(=O)C(C)(C)CN. The quantitative estimate of drug-likeness (QED) is 0.637. The zero-order valence-corrected chi connectivity index (χ0v) is 10.6. The van der Waals surface area contributed by atoms with Crippen molar-refractivity contribution >= 4 is 5.91 Å². The fourth-order valence-electron chi connectivity index (χ4n) is 1.28. The van der Waals surface area contributed by atoms with Crippen LogP contribution >= 0.6 is 0 Å². The number of carbonyl (C=O) groups is 1. The molecule has 0 aliphatic heterocycles. The number of unbranched alkanes of at least 4 members (excludes halogenated alkanes) is 2. The first kappa shape index (κ1) is 14.4. The lowest BCUT2D eigenvalue weighted by molar-refractivity contribution is -0.129. The molecule has 0 fully saturated rings. The number of amides is 1. The molecule has 0 aromatic carbocycles. The van der Waals surface area contributed by atoms with E-state index in [0.717, 1.165) is 6.42 Å². The Bertz CT molecular complexity index is 190. The highest BCUT2D eigenvalue weighted by atomic mass is 16.2. The molecule has 0 rings (SSSR count). The van der Waals surface area contributed by atoms with Gasteiger partial charge in [0, 0.05) is 12.6 Å². The predicted octanol–water partition coefficient (Wildman–Crippen LogP) is 2.06. The third-order valence-corrected chi connectivity index (χ3v) is 2.74. The zero-order valence-electron chi connectivity index (χ0n) is 10.6. The van der Waals surface area contributed by atoms with Gasteiger partial charge < -0.3 is 11.1 Å². The molecule has 0 aliphatic rings. The lowest BCUT2D eigenvalue weighted by Gasteiger charge is -2.24. The van der Waals surface area contributed by atoms with Gasteiger partial charge in [0.2, 0.25) is 5.91 Å². The number of hydrogen-bond acceptors (Lipinski definition) is 2. The Balaban J connectivity index is 3.86. The van der Waals surface area contributed by atoms with Gasteiger partial charge in [-0.2, -0.15) is 0 Å². The maximum atomic E-state index is 11.7. The summed E-state index contributed by atoms with van der Waals surface area (Å²) in [6, 6.07) is 0.259. The van der Waals surface area contributed by atoms with E-state index in [2.05, 4.69) is 19.2 Å². The molecule has 0 saturated carbocycles. The average Bonchev–Trinajstić information content (AvgIpc) is 2.18. The second-order valence-electron chi connectivity index (χ2n) is 4.96. The fraction of sp³-hybridized carbons (Fsp3) is 0.917. The summed E-state index contributed by atoms with van der Waals surface area (Å²) in [5.74, 6) is 0.0639. The van der Waals surface area contributed by atoms with Crippen LogP contribution in [0.3, 0.4) is 0 Å². The molecule has 0 saturated heterocycles. The lowest BCUT2D eigenvalue weighted by atomic mass is 9.92. The number of nitrogens with one attached hydrogen (secondary N) is 1. The highest BCUT2D eigenvalue weighted by Gasteiger charge is 2.26. The molecule has 1 atom stereocenters. The van der Waals surface area contributed by atoms with Crippen LogP contribution in [0.4, 0.5) is 0 Å². The van der Waals surface area contributed by atoms with Gasteiger partial charge >= 0.3 is 0 Å². The minimum Gasteiger partial charge on any atom is -0.353 e. The summed E-state index contributed by atoms with van der Waals surface area (Å²) in [6.07, 6.45) is 4.69. The van der Waals surface area contributed by atoms with Crippen molar-refractivity contribution in [2.45, 2.75) is 59.4 Å². The topological polar surface area (TPSA) is 55.1 Å². The Morgan fingerprint density at radius 2 is 2.00 bits per heavy atom. The molecule has 1 unspecified atom stereocenters. The van der Waals surface area contributed by atoms with E-state index in [1.807, 2.05) is 13.8 Å². The molecular formula is C12H26N2O. The molecule has 0 aromatic heterocycles. The molecule has 90 valence electrons. The van der Waals surface area contributed by atoms with Crippen LogP contribution in [0, 0.1) is 5.41 Å². The van der Waals surface area contributed by atoms with Crippen molar-refractivity contribution in [1.29, 1.82) is 0 Å². The van der Waals surface area contributed by atoms with Crippen LogP contribution < -0.4 is 11.1 Å². The summed E-state index contributed by atoms with van der Waals surface area (Å²) >= 11 is 0. The van der Waals surface area contributed by atoms with Gasteiger partial charge in [0.15, 0.2) is 0 Å². The molecule has 3 heteroatoms. The fourth-order valence-corrected chi connectivity index (χ4v) is 1.28. The molecule has 1 amide bonds. The first-order valence-electron chi connectivity index (χ1n) is 5.95. The number of carbonyl (C=O) groups excluding carboxylic acids is 1. The average molecular weight is 214 g/mol. The van der Waals surface area contributed by atoms with Crippen molar-refractivity contribution in [3.05, 3.63) is 0 Å². The van der Waals surface area contributed by atoms with E-state index >= 15 is 0 Å². The zero-order chi connectivity index (χ0) is 11.9. The molecule has 3 N–H and O–H groups in total. The van der Waals surface area contributed by atoms with Crippen molar-refractivity contribution in [1.82, 2.24) is 5.32 Å². The molecule has 0 bridgehead atoms. The maximum absolute atomic E-state index is 11.7. The Labute approximate surface area is 93.8 Å². The molecule has 3 nitrogen and oxygen atoms in total. The van der Waals surface area contributed by atoms with Gasteiger partial charge in [-0.3, -0.25) is 4.79 Å². The first-order valence-corrected chi connectivity index (χ1v) is 5.95. The Hall–Kier alpha value is -0.570. The first-order chi connectivity index (χ1) is 6.94. The van der Waals surface area contributed by atoms with Crippen LogP contribution in [0.25, 0.3) is 0 Å². The van der Waals surface area contributed by atoms with Gasteiger partial charge in [0.05, 0.1) is 5.41 Å². The lowest BCUT2D eigenvalue weighted by Crippen LogP contribution is -2.45. The van der Waals surface area contributed by atoms with E-state index in [-0.39, 0.29) is 11.9 Å². The molecule has 0 spiro atoms. The summed E-state index contributed by atoms with van der Waals surface area (Å²) in [4.78, 5) is 11.7. The standard InChI is InChI=1S/C12H26N2O/c1-5-6-7-8-10(2)14-11(15)12(3,4)9-13/h10H,5-9,13H2,1-4H3,(H,14,15). The van der Waals surface area contributed by atoms with Crippen LogP contribution in [0.5, 0.6) is 0 Å². The van der Waals surface area contributed by atoms with Gasteiger partial charge in [0.1, 0.15) is 0 Å². The van der Waals surface area contributed by atoms with Crippen LogP contribution in [0.2, 0.25) is 0 Å². The summed E-state index contributed by atoms with van der Waals surface area (Å²) in [5.41, 5.74) is 5.10. The van der Waals surface area contributed by atoms with E-state index in [9.17, 15) is 4.79 Å². The van der Waals surface area contributed by atoms with Gasteiger partial charge in [0.25, 0.3) is 0 Å². The number of hydrogen-bond donors (Lipinski definition) is 2. The Morgan fingerprint density at radius 1 is 1.40 bits per heavy atom. The predicted molar refractivity (Wildman–Crippen MR) is 64.6 cm³/mol. The molecule has 0 aromatic rings. The van der Waals surface area contributed by atoms with E-state index in [1.165, 1.54) is 19.3 Å². The molecule has 15 heavy (non-hydrogen) atoms.